The second-order valence-corrected chi connectivity index (χ2v) is 6.26. The summed E-state index contributed by atoms with van der Waals surface area (Å²) in [5.41, 5.74) is 13.8. The molecule has 4 N–H and O–H groups in total. The largest absolute Gasteiger partial charge is 0.368 e. The number of benzene rings is 2. The van der Waals surface area contributed by atoms with Crippen LogP contribution < -0.4 is 16.4 Å². The van der Waals surface area contributed by atoms with E-state index in [-0.39, 0.29) is 23.8 Å². The lowest BCUT2D eigenvalue weighted by atomic mass is 10.0. The molecule has 0 saturated heterocycles. The first-order valence-electron chi connectivity index (χ1n) is 8.90. The third kappa shape index (κ3) is 4.69. The highest BCUT2D eigenvalue weighted by Gasteiger charge is 2.22. The Morgan fingerprint density at radius 2 is 1.56 bits per heavy atom. The highest BCUT2D eigenvalue weighted by atomic mass is 19.1. The molecule has 0 unspecified atom stereocenters. The molecule has 0 amide bonds. The predicted octanol–water partition coefficient (Wildman–Crippen LogP) is 3.38. The van der Waals surface area contributed by atoms with Gasteiger partial charge in [0.15, 0.2) is 0 Å². The average molecular weight is 366 g/mol. The third-order valence-electron chi connectivity index (χ3n) is 4.42. The summed E-state index contributed by atoms with van der Waals surface area (Å²) in [5, 5.41) is 0. The van der Waals surface area contributed by atoms with Gasteiger partial charge in [-0.1, -0.05) is 49.4 Å². The number of nitrogens with two attached hydrogens (primary N) is 2. The van der Waals surface area contributed by atoms with E-state index >= 15 is 0 Å². The molecule has 3 aromatic rings. The highest BCUT2D eigenvalue weighted by Crippen LogP contribution is 2.28. The Bertz CT molecular complexity index is 849. The van der Waals surface area contributed by atoms with Crippen molar-refractivity contribution < 1.29 is 4.39 Å². The molecule has 27 heavy (non-hydrogen) atoms. The molecule has 6 nitrogen and oxygen atoms in total. The molecule has 3 rings (SSSR count). The van der Waals surface area contributed by atoms with Crippen molar-refractivity contribution in [3.8, 4) is 0 Å². The molecule has 0 spiro atoms. The maximum absolute atomic E-state index is 13.2. The van der Waals surface area contributed by atoms with E-state index in [4.69, 9.17) is 11.5 Å². The lowest BCUT2D eigenvalue weighted by Gasteiger charge is -2.32. The van der Waals surface area contributed by atoms with Gasteiger partial charge in [0.2, 0.25) is 17.8 Å². The monoisotopic (exact) mass is 366 g/mol. The number of hydrogen-bond acceptors (Lipinski definition) is 6. The van der Waals surface area contributed by atoms with Crippen LogP contribution in [0.1, 0.15) is 30.5 Å². The lowest BCUT2D eigenvalue weighted by molar-refractivity contribution is 0.585. The Balaban J connectivity index is 1.93. The van der Waals surface area contributed by atoms with Crippen molar-refractivity contribution >= 4 is 17.8 Å². The topological polar surface area (TPSA) is 94.0 Å². The zero-order valence-electron chi connectivity index (χ0n) is 15.2. The zero-order valence-corrected chi connectivity index (χ0v) is 15.2. The molecule has 0 bridgehead atoms. The van der Waals surface area contributed by atoms with E-state index in [1.165, 1.54) is 12.1 Å². The van der Waals surface area contributed by atoms with Crippen molar-refractivity contribution in [3.63, 3.8) is 0 Å². The molecule has 1 aromatic heterocycles. The maximum atomic E-state index is 13.2. The lowest BCUT2D eigenvalue weighted by Crippen LogP contribution is -2.32. The molecule has 0 fully saturated rings. The van der Waals surface area contributed by atoms with Gasteiger partial charge in [-0.05, 0) is 36.1 Å². The van der Waals surface area contributed by atoms with Gasteiger partial charge in [0, 0.05) is 6.54 Å². The van der Waals surface area contributed by atoms with E-state index < -0.39 is 0 Å². The summed E-state index contributed by atoms with van der Waals surface area (Å²) in [6.45, 7) is 2.73. The fourth-order valence-electron chi connectivity index (χ4n) is 3.13. The Morgan fingerprint density at radius 1 is 0.926 bits per heavy atom. The second kappa shape index (κ2) is 8.44. The summed E-state index contributed by atoms with van der Waals surface area (Å²) < 4.78 is 13.2. The minimum absolute atomic E-state index is 0.0489. The van der Waals surface area contributed by atoms with Gasteiger partial charge < -0.3 is 16.4 Å². The maximum Gasteiger partial charge on any atom is 0.232 e. The molecule has 7 heteroatoms. The Labute approximate surface area is 158 Å². The number of halogens is 1. The number of anilines is 3. The zero-order chi connectivity index (χ0) is 19.2. The van der Waals surface area contributed by atoms with Crippen molar-refractivity contribution in [1.82, 2.24) is 15.0 Å². The fraction of sp³-hybridized carbons (Fsp3) is 0.250. The van der Waals surface area contributed by atoms with Gasteiger partial charge in [-0.2, -0.15) is 15.0 Å². The van der Waals surface area contributed by atoms with Crippen molar-refractivity contribution in [1.29, 1.82) is 0 Å². The van der Waals surface area contributed by atoms with Crippen LogP contribution in [0.3, 0.4) is 0 Å². The molecule has 1 heterocycles. The minimum Gasteiger partial charge on any atom is -0.368 e. The van der Waals surface area contributed by atoms with Crippen LogP contribution in [0, 0.1) is 5.82 Å². The van der Waals surface area contributed by atoms with Crippen LogP contribution in [0.2, 0.25) is 0 Å². The number of rotatable bonds is 7. The van der Waals surface area contributed by atoms with E-state index in [0.717, 1.165) is 17.5 Å². The van der Waals surface area contributed by atoms with Crippen LogP contribution in [0.15, 0.2) is 54.6 Å². The molecular formula is C20H23FN6. The van der Waals surface area contributed by atoms with Crippen molar-refractivity contribution in [2.75, 3.05) is 22.9 Å². The molecule has 0 aliphatic heterocycles. The van der Waals surface area contributed by atoms with Gasteiger partial charge in [-0.15, -0.1) is 0 Å². The Hall–Kier alpha value is -3.22. The van der Waals surface area contributed by atoms with E-state index in [1.54, 1.807) is 12.1 Å². The van der Waals surface area contributed by atoms with Crippen LogP contribution in [0.25, 0.3) is 0 Å². The third-order valence-corrected chi connectivity index (χ3v) is 4.42. The van der Waals surface area contributed by atoms with E-state index in [2.05, 4.69) is 38.9 Å². The Morgan fingerprint density at radius 3 is 2.15 bits per heavy atom. The molecule has 2 aromatic carbocycles. The molecule has 140 valence electrons. The van der Waals surface area contributed by atoms with Crippen LogP contribution >= 0.6 is 0 Å². The summed E-state index contributed by atoms with van der Waals surface area (Å²) in [6.07, 6.45) is 1.55. The molecule has 0 aliphatic rings. The van der Waals surface area contributed by atoms with Crippen LogP contribution in [0.5, 0.6) is 0 Å². The normalized spacial score (nSPS) is 11.9. The van der Waals surface area contributed by atoms with Crippen molar-refractivity contribution in [2.45, 2.75) is 25.8 Å². The molecule has 0 radical (unpaired) electrons. The van der Waals surface area contributed by atoms with Crippen LogP contribution in [-0.2, 0) is 6.42 Å². The fourth-order valence-corrected chi connectivity index (χ4v) is 3.13. The summed E-state index contributed by atoms with van der Waals surface area (Å²) >= 11 is 0. The number of nitrogen functional groups attached to an aromatic ring is 2. The Kier molecular flexibility index (Phi) is 5.80. The molecular weight excluding hydrogens is 343 g/mol. The average Bonchev–Trinajstić information content (AvgIpc) is 2.66. The molecule has 0 saturated carbocycles. The SMILES string of the molecule is CC[C@@H](c1ccccc1)N(CCc1ccc(F)cc1)c1nc(N)nc(N)n1. The van der Waals surface area contributed by atoms with E-state index in [9.17, 15) is 4.39 Å². The number of hydrogen-bond donors (Lipinski definition) is 2. The predicted molar refractivity (Wildman–Crippen MR) is 106 cm³/mol. The van der Waals surface area contributed by atoms with Gasteiger partial charge in [0.05, 0.1) is 6.04 Å². The van der Waals surface area contributed by atoms with Gasteiger partial charge in [-0.25, -0.2) is 4.39 Å². The summed E-state index contributed by atoms with van der Waals surface area (Å²) in [5.74, 6) is 0.376. The van der Waals surface area contributed by atoms with Crippen molar-refractivity contribution in [3.05, 3.63) is 71.5 Å². The first-order valence-corrected chi connectivity index (χ1v) is 8.90. The van der Waals surface area contributed by atoms with Gasteiger partial charge in [-0.3, -0.25) is 0 Å². The van der Waals surface area contributed by atoms with Crippen LogP contribution in [0.4, 0.5) is 22.2 Å². The molecule has 0 aliphatic carbocycles. The highest BCUT2D eigenvalue weighted by molar-refractivity contribution is 5.43. The minimum atomic E-state index is -0.246. The first-order chi connectivity index (χ1) is 13.1. The van der Waals surface area contributed by atoms with Crippen molar-refractivity contribution in [2.24, 2.45) is 0 Å². The standard InChI is InChI=1S/C20H23FN6/c1-2-17(15-6-4-3-5-7-15)27(20-25-18(22)24-19(23)26-20)13-12-14-8-10-16(21)11-9-14/h3-11,17H,2,12-13H2,1H3,(H4,22,23,24,25,26)/t17-/m0/s1. The first kappa shape index (κ1) is 18.6. The van der Waals surface area contributed by atoms with E-state index in [0.29, 0.717) is 18.9 Å². The quantitative estimate of drug-likeness (QED) is 0.666. The number of aromatic nitrogens is 3. The van der Waals surface area contributed by atoms with Gasteiger partial charge >= 0.3 is 0 Å². The van der Waals surface area contributed by atoms with Gasteiger partial charge in [0.1, 0.15) is 5.82 Å². The summed E-state index contributed by atoms with van der Waals surface area (Å²) in [6, 6.07) is 16.7. The summed E-state index contributed by atoms with van der Waals surface area (Å²) in [7, 11) is 0. The smallest absolute Gasteiger partial charge is 0.232 e. The van der Waals surface area contributed by atoms with E-state index in [1.807, 2.05) is 18.2 Å². The molecule has 1 atom stereocenters. The van der Waals surface area contributed by atoms with Gasteiger partial charge in [0.25, 0.3) is 0 Å². The second-order valence-electron chi connectivity index (χ2n) is 6.26. The summed E-state index contributed by atoms with van der Waals surface area (Å²) in [4.78, 5) is 14.5. The van der Waals surface area contributed by atoms with Crippen LogP contribution in [-0.4, -0.2) is 21.5 Å². The number of nitrogens with zero attached hydrogens (tertiary/aromatic N) is 4.